The van der Waals surface area contributed by atoms with Gasteiger partial charge in [-0.3, -0.25) is 9.59 Å². The molecule has 1 heterocycles. The summed E-state index contributed by atoms with van der Waals surface area (Å²) < 4.78 is 16.4. The normalized spacial score (nSPS) is 10.6. The van der Waals surface area contributed by atoms with E-state index in [2.05, 4.69) is 17.6 Å². The van der Waals surface area contributed by atoms with Gasteiger partial charge in [-0.1, -0.05) is 51.9 Å². The fourth-order valence-electron chi connectivity index (χ4n) is 3.95. The van der Waals surface area contributed by atoms with Crippen molar-refractivity contribution in [3.63, 3.8) is 0 Å². The fourth-order valence-corrected chi connectivity index (χ4v) is 3.95. The summed E-state index contributed by atoms with van der Waals surface area (Å²) in [7, 11) is 1.51. The van der Waals surface area contributed by atoms with Gasteiger partial charge >= 0.3 is 0 Å². The molecule has 0 aliphatic carbocycles. The van der Waals surface area contributed by atoms with Crippen LogP contribution in [0.3, 0.4) is 0 Å². The van der Waals surface area contributed by atoms with Crippen LogP contribution < -0.4 is 20.1 Å². The van der Waals surface area contributed by atoms with Gasteiger partial charge in [-0.05, 0) is 61.0 Å². The first-order valence-corrected chi connectivity index (χ1v) is 13.1. The third kappa shape index (κ3) is 9.33. The predicted octanol–water partition coefficient (Wildman–Crippen LogP) is 6.99. The molecule has 7 nitrogen and oxygen atoms in total. The van der Waals surface area contributed by atoms with E-state index in [-0.39, 0.29) is 18.4 Å². The number of hydrogen-bond acceptors (Lipinski definition) is 5. The van der Waals surface area contributed by atoms with E-state index >= 15 is 0 Å². The smallest absolute Gasteiger partial charge is 0.255 e. The van der Waals surface area contributed by atoms with Crippen LogP contribution in [-0.4, -0.2) is 25.5 Å². The van der Waals surface area contributed by atoms with Crippen LogP contribution in [0.15, 0.2) is 65.3 Å². The van der Waals surface area contributed by atoms with Crippen LogP contribution >= 0.6 is 0 Å². The van der Waals surface area contributed by atoms with E-state index in [4.69, 9.17) is 13.9 Å². The minimum Gasteiger partial charge on any atom is -0.495 e. The van der Waals surface area contributed by atoms with E-state index in [0.29, 0.717) is 34.9 Å². The van der Waals surface area contributed by atoms with Gasteiger partial charge in [-0.25, -0.2) is 0 Å². The molecule has 0 fully saturated rings. The molecule has 0 spiro atoms. The molecule has 0 bridgehead atoms. The molecule has 0 aliphatic rings. The molecule has 2 aromatic carbocycles. The highest BCUT2D eigenvalue weighted by atomic mass is 16.5. The van der Waals surface area contributed by atoms with Gasteiger partial charge in [0.1, 0.15) is 17.3 Å². The zero-order valence-electron chi connectivity index (χ0n) is 21.9. The first kappa shape index (κ1) is 27.8. The Morgan fingerprint density at radius 3 is 2.22 bits per heavy atom. The van der Waals surface area contributed by atoms with Crippen LogP contribution in [0.5, 0.6) is 11.5 Å². The molecule has 0 aliphatic heterocycles. The van der Waals surface area contributed by atoms with E-state index in [0.717, 1.165) is 12.2 Å². The average molecular weight is 507 g/mol. The lowest BCUT2D eigenvalue weighted by Crippen LogP contribution is -2.23. The van der Waals surface area contributed by atoms with Crippen molar-refractivity contribution >= 4 is 17.5 Å². The third-order valence-corrected chi connectivity index (χ3v) is 6.10. The predicted molar refractivity (Wildman–Crippen MR) is 145 cm³/mol. The van der Waals surface area contributed by atoms with Crippen molar-refractivity contribution in [1.29, 1.82) is 0 Å². The molecule has 1 aromatic heterocycles. The van der Waals surface area contributed by atoms with Crippen LogP contribution in [0.25, 0.3) is 0 Å². The van der Waals surface area contributed by atoms with E-state index in [1.54, 1.807) is 60.9 Å². The largest absolute Gasteiger partial charge is 0.495 e. The maximum Gasteiger partial charge on any atom is 0.255 e. The zero-order valence-corrected chi connectivity index (χ0v) is 21.9. The Bertz CT molecular complexity index is 1090. The van der Waals surface area contributed by atoms with Gasteiger partial charge in [0.25, 0.3) is 11.8 Å². The molecule has 0 atom stereocenters. The molecular weight excluding hydrogens is 468 g/mol. The van der Waals surface area contributed by atoms with E-state index in [1.165, 1.54) is 52.1 Å². The molecule has 2 amide bonds. The van der Waals surface area contributed by atoms with Gasteiger partial charge in [0.2, 0.25) is 0 Å². The van der Waals surface area contributed by atoms with Crippen LogP contribution in [0.4, 0.5) is 5.69 Å². The topological polar surface area (TPSA) is 89.8 Å². The number of carbonyl (C=O) groups excluding carboxylic acids is 2. The van der Waals surface area contributed by atoms with Crippen LogP contribution in [0.1, 0.15) is 84.8 Å². The van der Waals surface area contributed by atoms with Crippen molar-refractivity contribution in [3.05, 3.63) is 77.7 Å². The van der Waals surface area contributed by atoms with E-state index in [1.807, 2.05) is 0 Å². The zero-order chi connectivity index (χ0) is 26.3. The van der Waals surface area contributed by atoms with Crippen molar-refractivity contribution in [3.8, 4) is 11.5 Å². The number of furan rings is 1. The Kier molecular flexibility index (Phi) is 11.6. The highest BCUT2D eigenvalue weighted by Gasteiger charge is 2.14. The molecule has 0 radical (unpaired) electrons. The van der Waals surface area contributed by atoms with Gasteiger partial charge in [0.05, 0.1) is 32.2 Å². The van der Waals surface area contributed by atoms with E-state index in [9.17, 15) is 9.59 Å². The molecular formula is C30H38N2O5. The Morgan fingerprint density at radius 1 is 0.838 bits per heavy atom. The van der Waals surface area contributed by atoms with Crippen LogP contribution in [0.2, 0.25) is 0 Å². The maximum absolute atomic E-state index is 12.9. The van der Waals surface area contributed by atoms with Crippen molar-refractivity contribution in [2.24, 2.45) is 0 Å². The maximum atomic E-state index is 12.9. The Morgan fingerprint density at radius 2 is 1.54 bits per heavy atom. The summed E-state index contributed by atoms with van der Waals surface area (Å²) in [6.45, 7) is 3.18. The second-order valence-electron chi connectivity index (χ2n) is 8.98. The quantitative estimate of drug-likeness (QED) is 0.204. The lowest BCUT2D eigenvalue weighted by Gasteiger charge is -2.13. The molecule has 7 heteroatoms. The number of anilines is 1. The van der Waals surface area contributed by atoms with Crippen LogP contribution in [-0.2, 0) is 6.54 Å². The molecule has 3 rings (SSSR count). The first-order valence-electron chi connectivity index (χ1n) is 13.1. The summed E-state index contributed by atoms with van der Waals surface area (Å²) in [5.74, 6) is 1.27. The number of unbranched alkanes of at least 4 members (excludes halogenated alkanes) is 7. The second kappa shape index (κ2) is 15.4. The first-order chi connectivity index (χ1) is 18.1. The van der Waals surface area contributed by atoms with Crippen molar-refractivity contribution in [2.75, 3.05) is 19.0 Å². The molecule has 0 saturated heterocycles. The van der Waals surface area contributed by atoms with Crippen molar-refractivity contribution in [2.45, 2.75) is 64.8 Å². The SMILES string of the molecule is CCCCCCCCCCOc1ccc(C(=O)Nc2cc(C(=O)NCc3ccco3)ccc2OC)cc1. The number of benzene rings is 2. The molecule has 2 N–H and O–H groups in total. The number of carbonyl (C=O) groups is 2. The molecule has 0 unspecified atom stereocenters. The van der Waals surface area contributed by atoms with Gasteiger partial charge in [0, 0.05) is 11.1 Å². The summed E-state index contributed by atoms with van der Waals surface area (Å²) in [5.41, 5.74) is 1.29. The number of nitrogens with one attached hydrogen (secondary N) is 2. The Balaban J connectivity index is 1.47. The second-order valence-corrected chi connectivity index (χ2v) is 8.98. The molecule has 198 valence electrons. The Hall–Kier alpha value is -3.74. The van der Waals surface area contributed by atoms with Crippen LogP contribution in [0, 0.1) is 0 Å². The summed E-state index contributed by atoms with van der Waals surface area (Å²) in [6, 6.07) is 15.5. The minimum atomic E-state index is -0.305. The summed E-state index contributed by atoms with van der Waals surface area (Å²) in [5, 5.41) is 5.64. The highest BCUT2D eigenvalue weighted by molar-refractivity contribution is 6.06. The van der Waals surface area contributed by atoms with Gasteiger partial charge in [-0.15, -0.1) is 0 Å². The van der Waals surface area contributed by atoms with Gasteiger partial charge in [0.15, 0.2) is 0 Å². The van der Waals surface area contributed by atoms with Crippen molar-refractivity contribution < 1.29 is 23.5 Å². The van der Waals surface area contributed by atoms with Crippen molar-refractivity contribution in [1.82, 2.24) is 5.32 Å². The standard InChI is InChI=1S/C30H38N2O5/c1-3-4-5-6-7-8-9-10-19-36-25-16-13-23(14-17-25)30(34)32-27-21-24(15-18-28(27)35-2)29(33)31-22-26-12-11-20-37-26/h11-18,20-21H,3-10,19,22H2,1-2H3,(H,31,33)(H,32,34). The molecule has 37 heavy (non-hydrogen) atoms. The minimum absolute atomic E-state index is 0.271. The highest BCUT2D eigenvalue weighted by Crippen LogP contribution is 2.26. The number of hydrogen-bond donors (Lipinski definition) is 2. The average Bonchev–Trinajstić information content (AvgIpc) is 3.45. The van der Waals surface area contributed by atoms with Gasteiger partial charge < -0.3 is 24.5 Å². The lowest BCUT2D eigenvalue weighted by atomic mass is 10.1. The third-order valence-electron chi connectivity index (χ3n) is 6.10. The number of ether oxygens (including phenoxy) is 2. The summed E-state index contributed by atoms with van der Waals surface area (Å²) in [4.78, 5) is 25.4. The number of amides is 2. The lowest BCUT2D eigenvalue weighted by molar-refractivity contribution is 0.0946. The number of rotatable bonds is 16. The summed E-state index contributed by atoms with van der Waals surface area (Å²) >= 11 is 0. The summed E-state index contributed by atoms with van der Waals surface area (Å²) in [6.07, 6.45) is 11.6. The molecule has 0 saturated carbocycles. The monoisotopic (exact) mass is 506 g/mol. The molecule has 3 aromatic rings. The van der Waals surface area contributed by atoms with E-state index < -0.39 is 0 Å². The fraction of sp³-hybridized carbons (Fsp3) is 0.400. The Labute approximate surface area is 219 Å². The van der Waals surface area contributed by atoms with Gasteiger partial charge in [-0.2, -0.15) is 0 Å². The number of methoxy groups -OCH3 is 1.